The minimum absolute atomic E-state index is 0.123. The molecule has 0 aliphatic carbocycles. The average molecular weight is 219 g/mol. The molecule has 0 fully saturated rings. The Labute approximate surface area is 94.1 Å². The number of benzene rings is 1. The smallest absolute Gasteiger partial charge is 0.123 e. The van der Waals surface area contributed by atoms with Crippen molar-refractivity contribution in [3.05, 3.63) is 59.8 Å². The van der Waals surface area contributed by atoms with Gasteiger partial charge in [0.2, 0.25) is 0 Å². The molecule has 0 saturated heterocycles. The molecule has 0 aliphatic heterocycles. The van der Waals surface area contributed by atoms with Gasteiger partial charge in [0.1, 0.15) is 11.6 Å². The highest BCUT2D eigenvalue weighted by Crippen LogP contribution is 2.13. The van der Waals surface area contributed by atoms with Gasteiger partial charge in [-0.05, 0) is 36.8 Å². The Balaban J connectivity index is 1.92. The first-order chi connectivity index (χ1) is 7.75. The van der Waals surface area contributed by atoms with Gasteiger partial charge in [-0.2, -0.15) is 0 Å². The van der Waals surface area contributed by atoms with Crippen molar-refractivity contribution in [2.45, 2.75) is 19.5 Å². The second-order valence-corrected chi connectivity index (χ2v) is 3.75. The molecule has 1 aromatic carbocycles. The largest absolute Gasteiger partial charge is 0.468 e. The number of furan rings is 1. The summed E-state index contributed by atoms with van der Waals surface area (Å²) in [4.78, 5) is 0. The molecule has 2 aromatic rings. The van der Waals surface area contributed by atoms with E-state index < -0.39 is 0 Å². The second kappa shape index (κ2) is 4.94. The predicted octanol–water partition coefficient (Wildman–Crippen LogP) is 3.27. The van der Waals surface area contributed by atoms with E-state index in [1.54, 1.807) is 12.3 Å². The van der Waals surface area contributed by atoms with Gasteiger partial charge in [-0.1, -0.05) is 12.1 Å². The third-order valence-electron chi connectivity index (χ3n) is 2.47. The summed E-state index contributed by atoms with van der Waals surface area (Å²) in [7, 11) is 0. The van der Waals surface area contributed by atoms with Gasteiger partial charge in [-0.25, -0.2) is 4.39 Å². The van der Waals surface area contributed by atoms with Gasteiger partial charge < -0.3 is 9.73 Å². The van der Waals surface area contributed by atoms with Gasteiger partial charge in [0, 0.05) is 6.54 Å². The Morgan fingerprint density at radius 2 is 2.19 bits per heavy atom. The van der Waals surface area contributed by atoms with Crippen LogP contribution in [-0.4, -0.2) is 0 Å². The molecule has 0 radical (unpaired) electrons. The fourth-order valence-electron chi connectivity index (χ4n) is 1.56. The molecule has 3 heteroatoms. The molecule has 0 aliphatic rings. The summed E-state index contributed by atoms with van der Waals surface area (Å²) in [6.45, 7) is 2.64. The minimum atomic E-state index is -0.204. The van der Waals surface area contributed by atoms with E-state index in [0.717, 1.165) is 11.3 Å². The molecule has 84 valence electrons. The Kier molecular flexibility index (Phi) is 3.37. The van der Waals surface area contributed by atoms with Crippen LogP contribution in [0.2, 0.25) is 0 Å². The topological polar surface area (TPSA) is 25.2 Å². The Bertz CT molecular complexity index is 439. The van der Waals surface area contributed by atoms with Crippen molar-refractivity contribution >= 4 is 0 Å². The molecule has 2 rings (SSSR count). The normalized spacial score (nSPS) is 12.6. The van der Waals surface area contributed by atoms with Crippen LogP contribution in [0.1, 0.15) is 24.3 Å². The van der Waals surface area contributed by atoms with Crippen LogP contribution < -0.4 is 5.32 Å². The Hall–Kier alpha value is -1.61. The van der Waals surface area contributed by atoms with E-state index >= 15 is 0 Å². The Morgan fingerprint density at radius 1 is 1.31 bits per heavy atom. The molecular weight excluding hydrogens is 205 g/mol. The number of hydrogen-bond donors (Lipinski definition) is 1. The van der Waals surface area contributed by atoms with Gasteiger partial charge in [0.15, 0.2) is 0 Å². The van der Waals surface area contributed by atoms with Gasteiger partial charge in [0.25, 0.3) is 0 Å². The summed E-state index contributed by atoms with van der Waals surface area (Å²) < 4.78 is 18.2. The summed E-state index contributed by atoms with van der Waals surface area (Å²) in [6, 6.07) is 10.5. The van der Waals surface area contributed by atoms with Crippen LogP contribution in [0.4, 0.5) is 4.39 Å². The zero-order chi connectivity index (χ0) is 11.4. The molecule has 0 amide bonds. The highest BCUT2D eigenvalue weighted by Gasteiger charge is 2.06. The zero-order valence-electron chi connectivity index (χ0n) is 9.11. The third-order valence-corrected chi connectivity index (χ3v) is 2.47. The van der Waals surface area contributed by atoms with Crippen LogP contribution in [-0.2, 0) is 6.54 Å². The molecule has 16 heavy (non-hydrogen) atoms. The quantitative estimate of drug-likeness (QED) is 0.853. The van der Waals surface area contributed by atoms with Crippen LogP contribution in [0.5, 0.6) is 0 Å². The highest BCUT2D eigenvalue weighted by atomic mass is 19.1. The average Bonchev–Trinajstić information content (AvgIpc) is 2.79. The van der Waals surface area contributed by atoms with Gasteiger partial charge in [-0.15, -0.1) is 0 Å². The van der Waals surface area contributed by atoms with Crippen LogP contribution >= 0.6 is 0 Å². The summed E-state index contributed by atoms with van der Waals surface area (Å²) in [5.41, 5.74) is 0.929. The van der Waals surface area contributed by atoms with Crippen LogP contribution in [0.3, 0.4) is 0 Å². The fourth-order valence-corrected chi connectivity index (χ4v) is 1.56. The van der Waals surface area contributed by atoms with Crippen molar-refractivity contribution in [3.63, 3.8) is 0 Å². The standard InChI is InChI=1S/C13H14FNO/c1-10(13-6-3-7-16-13)15-9-11-4-2-5-12(14)8-11/h2-8,10,15H,9H2,1H3/t10-/m0/s1. The van der Waals surface area contributed by atoms with Gasteiger partial charge >= 0.3 is 0 Å². The van der Waals surface area contributed by atoms with E-state index in [2.05, 4.69) is 5.32 Å². The third kappa shape index (κ3) is 2.70. The lowest BCUT2D eigenvalue weighted by molar-refractivity contribution is 0.430. The van der Waals surface area contributed by atoms with Crippen molar-refractivity contribution in [2.24, 2.45) is 0 Å². The number of halogens is 1. The molecule has 1 N–H and O–H groups in total. The van der Waals surface area contributed by atoms with Gasteiger partial charge in [0.05, 0.1) is 12.3 Å². The summed E-state index contributed by atoms with van der Waals surface area (Å²) in [5.74, 6) is 0.682. The van der Waals surface area contributed by atoms with E-state index in [0.29, 0.717) is 6.54 Å². The van der Waals surface area contributed by atoms with Crippen molar-refractivity contribution in [1.82, 2.24) is 5.32 Å². The van der Waals surface area contributed by atoms with E-state index in [-0.39, 0.29) is 11.9 Å². The predicted molar refractivity (Wildman–Crippen MR) is 60.4 cm³/mol. The Morgan fingerprint density at radius 3 is 2.88 bits per heavy atom. The first-order valence-corrected chi connectivity index (χ1v) is 5.27. The lowest BCUT2D eigenvalue weighted by atomic mass is 10.2. The van der Waals surface area contributed by atoms with Gasteiger partial charge in [-0.3, -0.25) is 0 Å². The highest BCUT2D eigenvalue weighted by molar-refractivity contribution is 5.16. The van der Waals surface area contributed by atoms with Crippen LogP contribution in [0, 0.1) is 5.82 Å². The van der Waals surface area contributed by atoms with E-state index in [4.69, 9.17) is 4.42 Å². The second-order valence-electron chi connectivity index (χ2n) is 3.75. The zero-order valence-corrected chi connectivity index (χ0v) is 9.11. The molecule has 0 bridgehead atoms. The lowest BCUT2D eigenvalue weighted by Gasteiger charge is -2.11. The summed E-state index contributed by atoms with van der Waals surface area (Å²) in [5, 5.41) is 3.27. The first kappa shape index (κ1) is 10.9. The maximum absolute atomic E-state index is 12.9. The molecule has 1 aromatic heterocycles. The summed E-state index contributed by atoms with van der Waals surface area (Å²) in [6.07, 6.45) is 1.65. The molecular formula is C13H14FNO. The molecule has 0 unspecified atom stereocenters. The van der Waals surface area contributed by atoms with Crippen molar-refractivity contribution < 1.29 is 8.81 Å². The first-order valence-electron chi connectivity index (χ1n) is 5.27. The SMILES string of the molecule is C[C@H](NCc1cccc(F)c1)c1ccco1. The lowest BCUT2D eigenvalue weighted by Crippen LogP contribution is -2.17. The van der Waals surface area contributed by atoms with Crippen LogP contribution in [0.15, 0.2) is 47.1 Å². The van der Waals surface area contributed by atoms with Crippen molar-refractivity contribution in [1.29, 1.82) is 0 Å². The molecule has 0 spiro atoms. The maximum atomic E-state index is 12.9. The molecule has 1 heterocycles. The van der Waals surface area contributed by atoms with Crippen molar-refractivity contribution in [3.8, 4) is 0 Å². The summed E-state index contributed by atoms with van der Waals surface area (Å²) >= 11 is 0. The number of nitrogens with one attached hydrogen (secondary N) is 1. The van der Waals surface area contributed by atoms with E-state index in [1.165, 1.54) is 12.1 Å². The maximum Gasteiger partial charge on any atom is 0.123 e. The van der Waals surface area contributed by atoms with Crippen molar-refractivity contribution in [2.75, 3.05) is 0 Å². The molecule has 1 atom stereocenters. The van der Waals surface area contributed by atoms with E-state index in [9.17, 15) is 4.39 Å². The molecule has 2 nitrogen and oxygen atoms in total. The number of rotatable bonds is 4. The monoisotopic (exact) mass is 219 g/mol. The molecule has 0 saturated carbocycles. The number of hydrogen-bond acceptors (Lipinski definition) is 2. The van der Waals surface area contributed by atoms with Crippen LogP contribution in [0.25, 0.3) is 0 Å². The minimum Gasteiger partial charge on any atom is -0.468 e. The fraction of sp³-hybridized carbons (Fsp3) is 0.231. The van der Waals surface area contributed by atoms with E-state index in [1.807, 2.05) is 25.1 Å².